The topological polar surface area (TPSA) is 20.3 Å². The van der Waals surface area contributed by atoms with Gasteiger partial charge in [-0.05, 0) is 30.9 Å². The van der Waals surface area contributed by atoms with Gasteiger partial charge < -0.3 is 4.90 Å². The Hall–Kier alpha value is -1.02. The highest BCUT2D eigenvalue weighted by molar-refractivity contribution is 6.27. The molecule has 1 saturated carbocycles. The molecule has 0 aromatic heterocycles. The molecule has 0 bridgehead atoms. The average Bonchev–Trinajstić information content (AvgIpc) is 3.11. The molecule has 0 N–H and O–H groups in total. The molecule has 1 aromatic rings. The van der Waals surface area contributed by atoms with Gasteiger partial charge in [0.15, 0.2) is 0 Å². The lowest BCUT2D eigenvalue weighted by Gasteiger charge is -2.22. The van der Waals surface area contributed by atoms with Crippen LogP contribution in [0.25, 0.3) is 0 Å². The van der Waals surface area contributed by atoms with Crippen LogP contribution < -0.4 is 0 Å². The molecule has 1 aromatic carbocycles. The number of hydrogen-bond donors (Lipinski definition) is 0. The van der Waals surface area contributed by atoms with Crippen LogP contribution in [0.1, 0.15) is 24.0 Å². The molecule has 0 aliphatic heterocycles. The molecular formula is C13H16ClNO. The van der Waals surface area contributed by atoms with Gasteiger partial charge in [0.25, 0.3) is 0 Å². The van der Waals surface area contributed by atoms with Crippen molar-refractivity contribution in [2.75, 3.05) is 5.88 Å². The molecule has 1 amide bonds. The third kappa shape index (κ3) is 2.56. The van der Waals surface area contributed by atoms with Crippen LogP contribution in [0.3, 0.4) is 0 Å². The van der Waals surface area contributed by atoms with Gasteiger partial charge in [-0.15, -0.1) is 11.6 Å². The number of rotatable bonds is 4. The minimum atomic E-state index is 0.0485. The van der Waals surface area contributed by atoms with Crippen LogP contribution in [0.4, 0.5) is 0 Å². The summed E-state index contributed by atoms with van der Waals surface area (Å²) in [6.07, 6.45) is 2.24. The molecule has 1 aliphatic rings. The Morgan fingerprint density at radius 2 is 2.12 bits per heavy atom. The molecule has 86 valence electrons. The molecule has 2 rings (SSSR count). The van der Waals surface area contributed by atoms with Gasteiger partial charge in [-0.2, -0.15) is 0 Å². The minimum Gasteiger partial charge on any atom is -0.334 e. The van der Waals surface area contributed by atoms with Gasteiger partial charge in [0.2, 0.25) is 5.91 Å². The van der Waals surface area contributed by atoms with Crippen molar-refractivity contribution in [1.29, 1.82) is 0 Å². The SMILES string of the molecule is Cc1ccccc1CN(C(=O)CCl)C1CC1. The molecule has 1 fully saturated rings. The summed E-state index contributed by atoms with van der Waals surface area (Å²) >= 11 is 5.63. The largest absolute Gasteiger partial charge is 0.334 e. The Labute approximate surface area is 101 Å². The second kappa shape index (κ2) is 4.88. The van der Waals surface area contributed by atoms with Crippen molar-refractivity contribution in [1.82, 2.24) is 4.90 Å². The fourth-order valence-corrected chi connectivity index (χ4v) is 2.01. The number of carbonyl (C=O) groups excluding carboxylic acids is 1. The quantitative estimate of drug-likeness (QED) is 0.738. The van der Waals surface area contributed by atoms with E-state index >= 15 is 0 Å². The number of alkyl halides is 1. The van der Waals surface area contributed by atoms with Crippen molar-refractivity contribution in [3.05, 3.63) is 35.4 Å². The van der Waals surface area contributed by atoms with Crippen LogP contribution in [0.15, 0.2) is 24.3 Å². The zero-order valence-corrected chi connectivity index (χ0v) is 10.2. The van der Waals surface area contributed by atoms with E-state index in [0.717, 1.165) is 12.8 Å². The van der Waals surface area contributed by atoms with Gasteiger partial charge in [0.05, 0.1) is 0 Å². The maximum absolute atomic E-state index is 11.7. The smallest absolute Gasteiger partial charge is 0.238 e. The Balaban J connectivity index is 2.11. The van der Waals surface area contributed by atoms with Gasteiger partial charge in [-0.3, -0.25) is 4.79 Å². The summed E-state index contributed by atoms with van der Waals surface area (Å²) in [5, 5.41) is 0. The number of carbonyl (C=O) groups is 1. The van der Waals surface area contributed by atoms with Gasteiger partial charge in [-0.1, -0.05) is 24.3 Å². The molecule has 0 radical (unpaired) electrons. The molecule has 1 aliphatic carbocycles. The summed E-state index contributed by atoms with van der Waals surface area (Å²) in [6, 6.07) is 8.60. The minimum absolute atomic E-state index is 0.0485. The van der Waals surface area contributed by atoms with Crippen molar-refractivity contribution in [3.8, 4) is 0 Å². The van der Waals surface area contributed by atoms with Gasteiger partial charge in [0, 0.05) is 12.6 Å². The maximum atomic E-state index is 11.7. The predicted molar refractivity (Wildman–Crippen MR) is 65.5 cm³/mol. The zero-order chi connectivity index (χ0) is 11.5. The fourth-order valence-electron chi connectivity index (χ4n) is 1.85. The van der Waals surface area contributed by atoms with Crippen molar-refractivity contribution < 1.29 is 4.79 Å². The first-order valence-electron chi connectivity index (χ1n) is 5.62. The lowest BCUT2D eigenvalue weighted by atomic mass is 10.1. The van der Waals surface area contributed by atoms with Gasteiger partial charge in [0.1, 0.15) is 5.88 Å². The first-order chi connectivity index (χ1) is 7.72. The van der Waals surface area contributed by atoms with Crippen molar-refractivity contribution >= 4 is 17.5 Å². The normalized spacial score (nSPS) is 14.9. The Morgan fingerprint density at radius 3 is 2.69 bits per heavy atom. The summed E-state index contributed by atoms with van der Waals surface area (Å²) in [6.45, 7) is 2.77. The number of nitrogens with zero attached hydrogens (tertiary/aromatic N) is 1. The van der Waals surface area contributed by atoms with E-state index in [1.165, 1.54) is 11.1 Å². The molecule has 0 unspecified atom stereocenters. The third-order valence-corrected chi connectivity index (χ3v) is 3.25. The molecule has 0 spiro atoms. The first kappa shape index (κ1) is 11.5. The summed E-state index contributed by atoms with van der Waals surface area (Å²) in [5.41, 5.74) is 2.45. The average molecular weight is 238 g/mol. The Bertz CT molecular complexity index is 387. The lowest BCUT2D eigenvalue weighted by molar-refractivity contribution is -0.129. The molecule has 16 heavy (non-hydrogen) atoms. The molecule has 0 saturated heterocycles. The highest BCUT2D eigenvalue weighted by Gasteiger charge is 2.32. The van der Waals surface area contributed by atoms with Crippen LogP contribution in [0.5, 0.6) is 0 Å². The molecule has 0 heterocycles. The van der Waals surface area contributed by atoms with Gasteiger partial charge in [-0.25, -0.2) is 0 Å². The molecular weight excluding hydrogens is 222 g/mol. The summed E-state index contributed by atoms with van der Waals surface area (Å²) < 4.78 is 0. The summed E-state index contributed by atoms with van der Waals surface area (Å²) in [5.74, 6) is 0.134. The monoisotopic (exact) mass is 237 g/mol. The first-order valence-corrected chi connectivity index (χ1v) is 6.15. The third-order valence-electron chi connectivity index (χ3n) is 3.02. The number of benzene rings is 1. The van der Waals surface area contributed by atoms with Crippen molar-refractivity contribution in [3.63, 3.8) is 0 Å². The van der Waals surface area contributed by atoms with Crippen molar-refractivity contribution in [2.45, 2.75) is 32.4 Å². The van der Waals surface area contributed by atoms with Crippen molar-refractivity contribution in [2.24, 2.45) is 0 Å². The van der Waals surface area contributed by atoms with E-state index in [1.54, 1.807) is 0 Å². The highest BCUT2D eigenvalue weighted by atomic mass is 35.5. The van der Waals surface area contributed by atoms with Crippen LogP contribution >= 0.6 is 11.6 Å². The predicted octanol–water partition coefficient (Wildman–Crippen LogP) is 2.72. The van der Waals surface area contributed by atoms with E-state index in [9.17, 15) is 4.79 Å². The second-order valence-electron chi connectivity index (χ2n) is 4.31. The number of halogens is 1. The lowest BCUT2D eigenvalue weighted by Crippen LogP contribution is -2.33. The van der Waals surface area contributed by atoms with Crippen LogP contribution in [0.2, 0.25) is 0 Å². The fraction of sp³-hybridized carbons (Fsp3) is 0.462. The van der Waals surface area contributed by atoms with Crippen LogP contribution in [0, 0.1) is 6.92 Å². The van der Waals surface area contributed by atoms with Gasteiger partial charge >= 0.3 is 0 Å². The Kier molecular flexibility index (Phi) is 3.49. The van der Waals surface area contributed by atoms with E-state index in [-0.39, 0.29) is 11.8 Å². The number of hydrogen-bond acceptors (Lipinski definition) is 1. The zero-order valence-electron chi connectivity index (χ0n) is 9.45. The number of amides is 1. The molecule has 2 nitrogen and oxygen atoms in total. The maximum Gasteiger partial charge on any atom is 0.238 e. The van der Waals surface area contributed by atoms with E-state index in [2.05, 4.69) is 19.1 Å². The molecule has 3 heteroatoms. The van der Waals surface area contributed by atoms with E-state index in [4.69, 9.17) is 11.6 Å². The second-order valence-corrected chi connectivity index (χ2v) is 4.58. The highest BCUT2D eigenvalue weighted by Crippen LogP contribution is 2.29. The summed E-state index contributed by atoms with van der Waals surface area (Å²) in [7, 11) is 0. The Morgan fingerprint density at radius 1 is 1.44 bits per heavy atom. The molecule has 0 atom stereocenters. The standard InChI is InChI=1S/C13H16ClNO/c1-10-4-2-3-5-11(10)9-15(12-6-7-12)13(16)8-14/h2-5,12H,6-9H2,1H3. The van der Waals surface area contributed by atoms with Crippen LogP contribution in [-0.4, -0.2) is 22.7 Å². The van der Waals surface area contributed by atoms with E-state index in [1.807, 2.05) is 17.0 Å². The van der Waals surface area contributed by atoms with E-state index in [0.29, 0.717) is 12.6 Å². The number of aryl methyl sites for hydroxylation is 1. The van der Waals surface area contributed by atoms with Crippen LogP contribution in [-0.2, 0) is 11.3 Å². The van der Waals surface area contributed by atoms with E-state index < -0.39 is 0 Å². The summed E-state index contributed by atoms with van der Waals surface area (Å²) in [4.78, 5) is 13.6.